The average Bonchev–Trinajstić information content (AvgIpc) is 2.88. The van der Waals surface area contributed by atoms with Crippen molar-refractivity contribution in [2.24, 2.45) is 0 Å². The molecule has 5 nitrogen and oxygen atoms in total. The van der Waals surface area contributed by atoms with Crippen molar-refractivity contribution in [2.75, 3.05) is 56.0 Å². The van der Waals surface area contributed by atoms with E-state index in [4.69, 9.17) is 11.6 Å². The molecule has 38 heavy (non-hydrogen) atoms. The fraction of sp³-hybridized carbons (Fsp3) is 0.500. The number of hydrogen-bond acceptors (Lipinski definition) is 4. The topological polar surface area (TPSA) is 38.8 Å². The van der Waals surface area contributed by atoms with Crippen molar-refractivity contribution in [1.82, 2.24) is 9.80 Å². The molecule has 4 rings (SSSR count). The number of anilines is 2. The van der Waals surface area contributed by atoms with Gasteiger partial charge in [-0.25, -0.2) is 0 Å². The monoisotopic (exact) mass is 562 g/mol. The Labute approximate surface area is 222 Å². The number of amides is 1. The van der Waals surface area contributed by atoms with Crippen LogP contribution in [0.25, 0.3) is 0 Å². The molecule has 2 aliphatic rings. The van der Waals surface area contributed by atoms with Crippen LogP contribution in [0.2, 0.25) is 5.02 Å². The van der Waals surface area contributed by atoms with Crippen LogP contribution >= 0.6 is 11.6 Å². The molecule has 0 bridgehead atoms. The van der Waals surface area contributed by atoms with Crippen molar-refractivity contribution in [3.8, 4) is 0 Å². The second-order valence-corrected chi connectivity index (χ2v) is 10.0. The maximum atomic E-state index is 13.1. The standard InChI is InChI=1S/C26H29ClF6N4O/c27-23-6-3-20(17-22(23)26(31,32)33)34-19-7-11-37(12-8-19)24(38)9-10-35-13-15-36(16-14-35)21-4-1-18(2-5-21)25(28,29)30/h1-6,17,19,34H,7-16H2. The Morgan fingerprint density at radius 3 is 2.08 bits per heavy atom. The first kappa shape index (κ1) is 28.4. The SMILES string of the molecule is O=C(CCN1CCN(c2ccc(C(F)(F)F)cc2)CC1)N1CCC(Nc2ccc(Cl)c(C(F)(F)F)c2)CC1. The molecular formula is C26H29ClF6N4O. The number of piperazine rings is 1. The van der Waals surface area contributed by atoms with Gasteiger partial charge in [0.2, 0.25) is 5.91 Å². The third-order valence-corrected chi connectivity index (χ3v) is 7.39. The van der Waals surface area contributed by atoms with Gasteiger partial charge in [-0.3, -0.25) is 9.69 Å². The third kappa shape index (κ3) is 7.25. The van der Waals surface area contributed by atoms with E-state index in [1.165, 1.54) is 24.3 Å². The molecule has 0 aromatic heterocycles. The van der Waals surface area contributed by atoms with Gasteiger partial charge in [0.25, 0.3) is 0 Å². The van der Waals surface area contributed by atoms with Gasteiger partial charge in [-0.05, 0) is 55.3 Å². The molecule has 2 aromatic carbocycles. The van der Waals surface area contributed by atoms with Gasteiger partial charge in [0.05, 0.1) is 16.1 Å². The first-order chi connectivity index (χ1) is 17.9. The Kier molecular flexibility index (Phi) is 8.66. The normalized spacial score (nSPS) is 18.1. The van der Waals surface area contributed by atoms with E-state index in [-0.39, 0.29) is 17.0 Å². The zero-order valence-electron chi connectivity index (χ0n) is 20.6. The van der Waals surface area contributed by atoms with Crippen LogP contribution in [0.4, 0.5) is 37.7 Å². The minimum absolute atomic E-state index is 0.0412. The molecule has 2 saturated heterocycles. The first-order valence-corrected chi connectivity index (χ1v) is 12.8. The highest BCUT2D eigenvalue weighted by atomic mass is 35.5. The van der Waals surface area contributed by atoms with Crippen LogP contribution in [0.1, 0.15) is 30.4 Å². The number of hydrogen-bond donors (Lipinski definition) is 1. The Morgan fingerprint density at radius 2 is 1.50 bits per heavy atom. The number of nitrogens with zero attached hydrogens (tertiary/aromatic N) is 3. The van der Waals surface area contributed by atoms with E-state index in [9.17, 15) is 31.1 Å². The smallest absolute Gasteiger partial charge is 0.382 e. The molecule has 0 unspecified atom stereocenters. The number of piperidine rings is 1. The van der Waals surface area contributed by atoms with Gasteiger partial charge < -0.3 is 15.1 Å². The summed E-state index contributed by atoms with van der Waals surface area (Å²) in [5, 5.41) is 2.78. The molecular weight excluding hydrogens is 534 g/mol. The van der Waals surface area contributed by atoms with E-state index in [2.05, 4.69) is 10.2 Å². The molecule has 2 heterocycles. The van der Waals surface area contributed by atoms with Crippen molar-refractivity contribution < 1.29 is 31.1 Å². The van der Waals surface area contributed by atoms with Crippen LogP contribution in [0, 0.1) is 0 Å². The fourth-order valence-electron chi connectivity index (χ4n) is 4.84. The second-order valence-electron chi connectivity index (χ2n) is 9.62. The van der Waals surface area contributed by atoms with E-state index in [0.717, 1.165) is 23.9 Å². The van der Waals surface area contributed by atoms with Gasteiger partial charge >= 0.3 is 12.4 Å². The zero-order valence-corrected chi connectivity index (χ0v) is 21.3. The van der Waals surface area contributed by atoms with E-state index < -0.39 is 23.5 Å². The summed E-state index contributed by atoms with van der Waals surface area (Å²) in [6, 6.07) is 8.88. The van der Waals surface area contributed by atoms with Crippen LogP contribution in [-0.2, 0) is 17.1 Å². The molecule has 1 amide bonds. The number of carbonyl (C=O) groups excluding carboxylic acids is 1. The summed E-state index contributed by atoms with van der Waals surface area (Å²) in [5.41, 5.74) is -0.448. The Balaban J connectivity index is 1.17. The Hall–Kier alpha value is -2.66. The van der Waals surface area contributed by atoms with Crippen molar-refractivity contribution in [1.29, 1.82) is 0 Å². The maximum Gasteiger partial charge on any atom is 0.417 e. The van der Waals surface area contributed by atoms with Crippen LogP contribution in [-0.4, -0.2) is 67.6 Å². The zero-order chi connectivity index (χ0) is 27.5. The lowest BCUT2D eigenvalue weighted by atomic mass is 10.0. The molecule has 0 saturated carbocycles. The van der Waals surface area contributed by atoms with Gasteiger partial charge in [0, 0.05) is 69.7 Å². The van der Waals surface area contributed by atoms with Crippen LogP contribution < -0.4 is 10.2 Å². The van der Waals surface area contributed by atoms with E-state index in [0.29, 0.717) is 70.8 Å². The van der Waals surface area contributed by atoms with E-state index in [1.54, 1.807) is 4.90 Å². The lowest BCUT2D eigenvalue weighted by molar-refractivity contribution is -0.138. The van der Waals surface area contributed by atoms with Gasteiger partial charge in [0.1, 0.15) is 0 Å². The van der Waals surface area contributed by atoms with Crippen LogP contribution in [0.15, 0.2) is 42.5 Å². The number of rotatable bonds is 6. The highest BCUT2D eigenvalue weighted by Crippen LogP contribution is 2.36. The molecule has 12 heteroatoms. The lowest BCUT2D eigenvalue weighted by Crippen LogP contribution is -2.48. The summed E-state index contributed by atoms with van der Waals surface area (Å²) in [6.07, 6.45) is -7.26. The number of benzene rings is 2. The fourth-order valence-corrected chi connectivity index (χ4v) is 5.07. The molecule has 2 fully saturated rings. The summed E-state index contributed by atoms with van der Waals surface area (Å²) in [5.74, 6) is 0.0412. The summed E-state index contributed by atoms with van der Waals surface area (Å²) in [7, 11) is 0. The molecule has 208 valence electrons. The minimum atomic E-state index is -4.53. The van der Waals surface area contributed by atoms with Crippen LogP contribution in [0.5, 0.6) is 0 Å². The van der Waals surface area contributed by atoms with E-state index >= 15 is 0 Å². The number of halogens is 7. The molecule has 2 aromatic rings. The predicted octanol–water partition coefficient (Wildman–Crippen LogP) is 5.99. The Bertz CT molecular complexity index is 1090. The highest BCUT2D eigenvalue weighted by Gasteiger charge is 2.34. The minimum Gasteiger partial charge on any atom is -0.382 e. The molecule has 0 atom stereocenters. The predicted molar refractivity (Wildman–Crippen MR) is 134 cm³/mol. The second kappa shape index (κ2) is 11.6. The van der Waals surface area contributed by atoms with Gasteiger partial charge in [-0.2, -0.15) is 26.3 Å². The Morgan fingerprint density at radius 1 is 0.868 bits per heavy atom. The van der Waals surface area contributed by atoms with Crippen molar-refractivity contribution in [2.45, 2.75) is 37.7 Å². The van der Waals surface area contributed by atoms with Crippen molar-refractivity contribution >= 4 is 28.9 Å². The molecule has 1 N–H and O–H groups in total. The maximum absolute atomic E-state index is 13.1. The highest BCUT2D eigenvalue weighted by molar-refractivity contribution is 6.31. The molecule has 0 radical (unpaired) electrons. The lowest BCUT2D eigenvalue weighted by Gasteiger charge is -2.37. The summed E-state index contributed by atoms with van der Waals surface area (Å²) < 4.78 is 77.6. The van der Waals surface area contributed by atoms with Crippen molar-refractivity contribution in [3.05, 3.63) is 58.6 Å². The summed E-state index contributed by atoms with van der Waals surface area (Å²) >= 11 is 5.69. The summed E-state index contributed by atoms with van der Waals surface area (Å²) in [4.78, 5) is 18.7. The quantitative estimate of drug-likeness (QED) is 0.439. The van der Waals surface area contributed by atoms with Gasteiger partial charge in [-0.1, -0.05) is 11.6 Å². The van der Waals surface area contributed by atoms with Crippen LogP contribution in [0.3, 0.4) is 0 Å². The summed E-state index contributed by atoms with van der Waals surface area (Å²) in [6.45, 7) is 4.40. The molecule has 0 aliphatic carbocycles. The first-order valence-electron chi connectivity index (χ1n) is 12.5. The van der Waals surface area contributed by atoms with Gasteiger partial charge in [-0.15, -0.1) is 0 Å². The average molecular weight is 563 g/mol. The number of nitrogens with one attached hydrogen (secondary N) is 1. The number of alkyl halides is 6. The van der Waals surface area contributed by atoms with E-state index in [1.807, 2.05) is 4.90 Å². The van der Waals surface area contributed by atoms with Gasteiger partial charge in [0.15, 0.2) is 0 Å². The molecule has 0 spiro atoms. The van der Waals surface area contributed by atoms with Crippen molar-refractivity contribution in [3.63, 3.8) is 0 Å². The molecule has 2 aliphatic heterocycles. The third-order valence-electron chi connectivity index (χ3n) is 7.06. The number of carbonyl (C=O) groups is 1. The largest absolute Gasteiger partial charge is 0.417 e. The number of likely N-dealkylation sites (tertiary alicyclic amines) is 1.